The second kappa shape index (κ2) is 6.41. The number of aromatic amines is 1. The molecular weight excluding hydrogens is 300 g/mol. The molecule has 110 valence electrons. The fraction of sp³-hybridized carbons (Fsp3) is 0.0625. The standard InChI is InChI=1S/C16H13ClN4O/c17-13-8-6-11(7-9-13)10-18-16(22)15-14(19-21-20-15)12-4-2-1-3-5-12/h1-9H,10H2,(H,18,22)(H,19,20,21). The molecule has 0 atom stereocenters. The van der Waals surface area contributed by atoms with E-state index < -0.39 is 0 Å². The van der Waals surface area contributed by atoms with E-state index in [1.165, 1.54) is 0 Å². The Morgan fingerprint density at radius 1 is 1.05 bits per heavy atom. The Hall–Kier alpha value is -2.66. The van der Waals surface area contributed by atoms with E-state index in [0.29, 0.717) is 17.3 Å². The lowest BCUT2D eigenvalue weighted by atomic mass is 10.1. The lowest BCUT2D eigenvalue weighted by Crippen LogP contribution is -2.23. The maximum Gasteiger partial charge on any atom is 0.274 e. The van der Waals surface area contributed by atoms with Gasteiger partial charge in [-0.05, 0) is 17.7 Å². The molecule has 0 saturated heterocycles. The summed E-state index contributed by atoms with van der Waals surface area (Å²) in [7, 11) is 0. The van der Waals surface area contributed by atoms with Gasteiger partial charge in [-0.1, -0.05) is 54.1 Å². The molecule has 0 aliphatic carbocycles. The van der Waals surface area contributed by atoms with Crippen molar-refractivity contribution >= 4 is 17.5 Å². The molecule has 3 rings (SSSR count). The minimum absolute atomic E-state index is 0.275. The van der Waals surface area contributed by atoms with Crippen LogP contribution in [0.1, 0.15) is 16.1 Å². The van der Waals surface area contributed by atoms with Gasteiger partial charge in [-0.25, -0.2) is 0 Å². The Morgan fingerprint density at radius 2 is 1.77 bits per heavy atom. The topological polar surface area (TPSA) is 70.7 Å². The van der Waals surface area contributed by atoms with E-state index in [4.69, 9.17) is 11.6 Å². The molecule has 0 aliphatic rings. The summed E-state index contributed by atoms with van der Waals surface area (Å²) in [6, 6.07) is 16.8. The molecule has 3 aromatic rings. The first kappa shape index (κ1) is 14.3. The van der Waals surface area contributed by atoms with Crippen LogP contribution in [0.3, 0.4) is 0 Å². The number of benzene rings is 2. The van der Waals surface area contributed by atoms with Gasteiger partial charge in [-0.15, -0.1) is 0 Å². The molecule has 1 amide bonds. The highest BCUT2D eigenvalue weighted by molar-refractivity contribution is 6.30. The van der Waals surface area contributed by atoms with Gasteiger partial charge >= 0.3 is 0 Å². The maximum absolute atomic E-state index is 12.3. The number of nitrogens with zero attached hydrogens (tertiary/aromatic N) is 2. The highest BCUT2D eigenvalue weighted by Gasteiger charge is 2.17. The first-order valence-electron chi connectivity index (χ1n) is 6.73. The summed E-state index contributed by atoms with van der Waals surface area (Å²) in [5.74, 6) is -0.275. The summed E-state index contributed by atoms with van der Waals surface area (Å²) in [6.07, 6.45) is 0. The second-order valence-corrected chi connectivity index (χ2v) is 5.13. The van der Waals surface area contributed by atoms with Gasteiger partial charge in [0.1, 0.15) is 5.69 Å². The Balaban J connectivity index is 1.73. The smallest absolute Gasteiger partial charge is 0.274 e. The Kier molecular flexibility index (Phi) is 4.16. The average Bonchev–Trinajstić information content (AvgIpc) is 3.04. The third kappa shape index (κ3) is 3.15. The summed E-state index contributed by atoms with van der Waals surface area (Å²) >= 11 is 5.83. The fourth-order valence-electron chi connectivity index (χ4n) is 2.05. The molecule has 0 bridgehead atoms. The van der Waals surface area contributed by atoms with Crippen LogP contribution in [-0.2, 0) is 6.54 Å². The van der Waals surface area contributed by atoms with E-state index in [-0.39, 0.29) is 11.6 Å². The summed E-state index contributed by atoms with van der Waals surface area (Å²) in [5.41, 5.74) is 2.62. The van der Waals surface area contributed by atoms with Crippen molar-refractivity contribution in [2.75, 3.05) is 0 Å². The van der Waals surface area contributed by atoms with Gasteiger partial charge in [0, 0.05) is 17.1 Å². The van der Waals surface area contributed by atoms with Crippen LogP contribution in [0.2, 0.25) is 5.02 Å². The molecule has 2 aromatic carbocycles. The third-order valence-corrected chi connectivity index (χ3v) is 3.43. The van der Waals surface area contributed by atoms with Crippen LogP contribution in [0, 0.1) is 0 Å². The number of halogens is 1. The molecule has 2 N–H and O–H groups in total. The predicted octanol–water partition coefficient (Wildman–Crippen LogP) is 3.06. The largest absolute Gasteiger partial charge is 0.346 e. The van der Waals surface area contributed by atoms with Gasteiger partial charge in [-0.2, -0.15) is 15.4 Å². The molecule has 0 radical (unpaired) electrons. The number of hydrogen-bond acceptors (Lipinski definition) is 3. The van der Waals surface area contributed by atoms with Gasteiger partial charge in [0.05, 0.1) is 0 Å². The lowest BCUT2D eigenvalue weighted by molar-refractivity contribution is 0.0946. The van der Waals surface area contributed by atoms with E-state index in [1.807, 2.05) is 42.5 Å². The van der Waals surface area contributed by atoms with Crippen LogP contribution in [0.15, 0.2) is 54.6 Å². The highest BCUT2D eigenvalue weighted by atomic mass is 35.5. The summed E-state index contributed by atoms with van der Waals surface area (Å²) in [5, 5.41) is 14.0. The van der Waals surface area contributed by atoms with Crippen molar-refractivity contribution < 1.29 is 4.79 Å². The zero-order chi connectivity index (χ0) is 15.4. The molecule has 1 heterocycles. The molecule has 1 aromatic heterocycles. The van der Waals surface area contributed by atoms with Crippen molar-refractivity contribution in [2.24, 2.45) is 0 Å². The summed E-state index contributed by atoms with van der Waals surface area (Å²) in [4.78, 5) is 12.3. The minimum Gasteiger partial charge on any atom is -0.346 e. The predicted molar refractivity (Wildman–Crippen MR) is 84.4 cm³/mol. The number of carbonyl (C=O) groups excluding carboxylic acids is 1. The SMILES string of the molecule is O=C(NCc1ccc(Cl)cc1)c1n[nH]nc1-c1ccccc1. The summed E-state index contributed by atoms with van der Waals surface area (Å²) < 4.78 is 0. The molecule has 22 heavy (non-hydrogen) atoms. The molecule has 0 unspecified atom stereocenters. The number of H-pyrrole nitrogens is 1. The van der Waals surface area contributed by atoms with Gasteiger partial charge in [0.15, 0.2) is 5.69 Å². The van der Waals surface area contributed by atoms with Crippen molar-refractivity contribution in [1.82, 2.24) is 20.7 Å². The molecule has 0 spiro atoms. The van der Waals surface area contributed by atoms with E-state index in [2.05, 4.69) is 20.7 Å². The molecule has 0 saturated carbocycles. The van der Waals surface area contributed by atoms with Crippen molar-refractivity contribution in [1.29, 1.82) is 0 Å². The Bertz CT molecular complexity index is 768. The number of rotatable bonds is 4. The number of hydrogen-bond donors (Lipinski definition) is 2. The number of aromatic nitrogens is 3. The molecule has 6 heteroatoms. The van der Waals surface area contributed by atoms with Crippen LogP contribution in [0.4, 0.5) is 0 Å². The van der Waals surface area contributed by atoms with E-state index in [0.717, 1.165) is 11.1 Å². The van der Waals surface area contributed by atoms with E-state index >= 15 is 0 Å². The molecule has 0 fully saturated rings. The second-order valence-electron chi connectivity index (χ2n) is 4.70. The minimum atomic E-state index is -0.275. The van der Waals surface area contributed by atoms with Crippen LogP contribution >= 0.6 is 11.6 Å². The number of amides is 1. The number of nitrogens with one attached hydrogen (secondary N) is 2. The quantitative estimate of drug-likeness (QED) is 0.778. The van der Waals surface area contributed by atoms with Gasteiger partial charge < -0.3 is 5.32 Å². The normalized spacial score (nSPS) is 10.4. The fourth-order valence-corrected chi connectivity index (χ4v) is 2.18. The zero-order valence-corrected chi connectivity index (χ0v) is 12.3. The molecule has 5 nitrogen and oxygen atoms in total. The molecular formula is C16H13ClN4O. The monoisotopic (exact) mass is 312 g/mol. The van der Waals surface area contributed by atoms with Crippen LogP contribution in [-0.4, -0.2) is 21.3 Å². The first-order chi connectivity index (χ1) is 10.7. The van der Waals surface area contributed by atoms with Crippen molar-refractivity contribution in [3.8, 4) is 11.3 Å². The molecule has 0 aliphatic heterocycles. The zero-order valence-electron chi connectivity index (χ0n) is 11.6. The van der Waals surface area contributed by atoms with Crippen LogP contribution < -0.4 is 5.32 Å². The van der Waals surface area contributed by atoms with Crippen LogP contribution in [0.25, 0.3) is 11.3 Å². The lowest BCUT2D eigenvalue weighted by Gasteiger charge is -2.05. The van der Waals surface area contributed by atoms with Crippen molar-refractivity contribution in [3.63, 3.8) is 0 Å². The van der Waals surface area contributed by atoms with Gasteiger partial charge in [0.2, 0.25) is 0 Å². The third-order valence-electron chi connectivity index (χ3n) is 3.18. The van der Waals surface area contributed by atoms with Crippen molar-refractivity contribution in [2.45, 2.75) is 6.54 Å². The average molecular weight is 313 g/mol. The van der Waals surface area contributed by atoms with Crippen molar-refractivity contribution in [3.05, 3.63) is 70.9 Å². The van der Waals surface area contributed by atoms with E-state index in [1.54, 1.807) is 12.1 Å². The van der Waals surface area contributed by atoms with Gasteiger partial charge in [0.25, 0.3) is 5.91 Å². The highest BCUT2D eigenvalue weighted by Crippen LogP contribution is 2.19. The Labute approximate surface area is 132 Å². The summed E-state index contributed by atoms with van der Waals surface area (Å²) in [6.45, 7) is 0.400. The number of carbonyl (C=O) groups is 1. The van der Waals surface area contributed by atoms with Crippen LogP contribution in [0.5, 0.6) is 0 Å². The maximum atomic E-state index is 12.3. The Morgan fingerprint density at radius 3 is 2.50 bits per heavy atom. The first-order valence-corrected chi connectivity index (χ1v) is 7.10. The van der Waals surface area contributed by atoms with Gasteiger partial charge in [-0.3, -0.25) is 4.79 Å². The van der Waals surface area contributed by atoms with E-state index in [9.17, 15) is 4.79 Å².